The first kappa shape index (κ1) is 19.6. The van der Waals surface area contributed by atoms with Crippen LogP contribution in [0.2, 0.25) is 0 Å². The lowest BCUT2D eigenvalue weighted by Gasteiger charge is -2.20. The molecule has 4 atom stereocenters. The molecule has 2 aromatic carbocycles. The molecular weight excluding hydrogens is 396 g/mol. The minimum atomic E-state index is -0.417. The van der Waals surface area contributed by atoms with Crippen LogP contribution in [0.3, 0.4) is 0 Å². The highest BCUT2D eigenvalue weighted by atomic mass is 16.5. The lowest BCUT2D eigenvalue weighted by atomic mass is 9.81. The predicted octanol–water partition coefficient (Wildman–Crippen LogP) is 3.49. The quantitative estimate of drug-likeness (QED) is 0.749. The number of hydrogen-bond donors (Lipinski definition) is 1. The van der Waals surface area contributed by atoms with Crippen LogP contribution in [0.25, 0.3) is 0 Å². The predicted molar refractivity (Wildman–Crippen MR) is 114 cm³/mol. The average Bonchev–Trinajstić information content (AvgIpc) is 3.47. The van der Waals surface area contributed by atoms with Crippen molar-refractivity contribution >= 4 is 29.1 Å². The van der Waals surface area contributed by atoms with Crippen molar-refractivity contribution in [1.29, 1.82) is 0 Å². The van der Waals surface area contributed by atoms with Crippen LogP contribution in [0.15, 0.2) is 42.5 Å². The van der Waals surface area contributed by atoms with Crippen LogP contribution in [-0.4, -0.2) is 31.9 Å². The van der Waals surface area contributed by atoms with Gasteiger partial charge in [-0.15, -0.1) is 0 Å². The van der Waals surface area contributed by atoms with E-state index >= 15 is 0 Å². The largest absolute Gasteiger partial charge is 0.497 e. The van der Waals surface area contributed by atoms with E-state index in [0.29, 0.717) is 34.7 Å². The van der Waals surface area contributed by atoms with Gasteiger partial charge in [0.1, 0.15) is 11.5 Å². The number of rotatable bonds is 5. The highest BCUT2D eigenvalue weighted by Gasteiger charge is 2.61. The fourth-order valence-electron chi connectivity index (χ4n) is 5.60. The zero-order valence-electron chi connectivity index (χ0n) is 17.5. The van der Waals surface area contributed by atoms with Gasteiger partial charge in [0.05, 0.1) is 43.0 Å². The van der Waals surface area contributed by atoms with Crippen molar-refractivity contribution < 1.29 is 23.9 Å². The van der Waals surface area contributed by atoms with E-state index in [1.165, 1.54) is 12.0 Å². The number of methoxy groups -OCH3 is 2. The molecule has 3 aliphatic rings. The summed E-state index contributed by atoms with van der Waals surface area (Å²) in [5.74, 6) is 0.429. The Labute approximate surface area is 180 Å². The van der Waals surface area contributed by atoms with E-state index in [4.69, 9.17) is 9.47 Å². The molecule has 160 valence electrons. The highest BCUT2D eigenvalue weighted by molar-refractivity contribution is 6.25. The number of nitrogens with one attached hydrogen (secondary N) is 1. The lowest BCUT2D eigenvalue weighted by molar-refractivity contribution is -0.123. The molecule has 1 N–H and O–H groups in total. The average molecular weight is 420 g/mol. The fourth-order valence-corrected chi connectivity index (χ4v) is 5.60. The summed E-state index contributed by atoms with van der Waals surface area (Å²) in [5, 5.41) is 2.83. The first-order valence-electron chi connectivity index (χ1n) is 10.5. The summed E-state index contributed by atoms with van der Waals surface area (Å²) in [5.41, 5.74) is 1.09. The molecule has 0 unspecified atom stereocenters. The molecule has 0 radical (unpaired) electrons. The van der Waals surface area contributed by atoms with Gasteiger partial charge in [-0.05, 0) is 55.4 Å². The third-order valence-corrected chi connectivity index (χ3v) is 6.97. The Hall–Kier alpha value is -3.35. The number of fused-ring (bicyclic) bond motifs is 5. The Morgan fingerprint density at radius 2 is 1.65 bits per heavy atom. The second-order valence-corrected chi connectivity index (χ2v) is 8.43. The lowest BCUT2D eigenvalue weighted by Crippen LogP contribution is -2.34. The van der Waals surface area contributed by atoms with Crippen molar-refractivity contribution in [3.63, 3.8) is 0 Å². The molecule has 1 heterocycles. The third-order valence-electron chi connectivity index (χ3n) is 6.97. The van der Waals surface area contributed by atoms with E-state index in [-0.39, 0.29) is 29.2 Å². The first-order valence-corrected chi connectivity index (χ1v) is 10.5. The van der Waals surface area contributed by atoms with E-state index in [0.717, 1.165) is 19.3 Å². The summed E-state index contributed by atoms with van der Waals surface area (Å²) in [6.45, 7) is 0. The number of hydrogen-bond acceptors (Lipinski definition) is 5. The number of para-hydroxylation sites is 1. The molecule has 2 saturated carbocycles. The maximum atomic E-state index is 13.2. The number of benzene rings is 2. The monoisotopic (exact) mass is 420 g/mol. The van der Waals surface area contributed by atoms with Crippen LogP contribution >= 0.6 is 0 Å². The van der Waals surface area contributed by atoms with Crippen LogP contribution < -0.4 is 19.7 Å². The molecule has 2 aromatic rings. The summed E-state index contributed by atoms with van der Waals surface area (Å²) >= 11 is 0. The summed E-state index contributed by atoms with van der Waals surface area (Å²) in [7, 11) is 3.06. The molecule has 7 heteroatoms. The Morgan fingerprint density at radius 3 is 2.29 bits per heavy atom. The molecular formula is C24H24N2O5. The van der Waals surface area contributed by atoms with E-state index in [2.05, 4.69) is 5.32 Å². The van der Waals surface area contributed by atoms with Gasteiger partial charge in [-0.3, -0.25) is 14.4 Å². The van der Waals surface area contributed by atoms with Crippen molar-refractivity contribution in [1.82, 2.24) is 0 Å². The molecule has 1 saturated heterocycles. The van der Waals surface area contributed by atoms with Gasteiger partial charge in [-0.2, -0.15) is 0 Å². The van der Waals surface area contributed by atoms with Crippen LogP contribution in [-0.2, 0) is 9.59 Å². The topological polar surface area (TPSA) is 84.9 Å². The number of nitrogens with zero attached hydrogens (tertiary/aromatic N) is 1. The molecule has 0 aromatic heterocycles. The third kappa shape index (κ3) is 2.99. The number of carbonyl (C=O) groups is 3. The van der Waals surface area contributed by atoms with Gasteiger partial charge < -0.3 is 14.8 Å². The maximum Gasteiger partial charge on any atom is 0.257 e. The van der Waals surface area contributed by atoms with Crippen LogP contribution in [0.1, 0.15) is 29.6 Å². The SMILES string of the molecule is COc1ccc(NC(=O)c2ccccc2N2C(=O)[C@@H]3[C@H]4CC[C@@H](C4)[C@H]3C2=O)c(OC)c1. The van der Waals surface area contributed by atoms with E-state index in [1.807, 2.05) is 0 Å². The molecule has 5 rings (SSSR count). The number of amides is 3. The second kappa shape index (κ2) is 7.41. The zero-order valence-corrected chi connectivity index (χ0v) is 17.5. The van der Waals surface area contributed by atoms with Crippen molar-refractivity contribution in [2.75, 3.05) is 24.4 Å². The zero-order chi connectivity index (χ0) is 21.7. The normalized spacial score (nSPS) is 26.2. The number of anilines is 2. The van der Waals surface area contributed by atoms with Gasteiger partial charge >= 0.3 is 0 Å². The molecule has 31 heavy (non-hydrogen) atoms. The number of carbonyl (C=O) groups excluding carboxylic acids is 3. The maximum absolute atomic E-state index is 13.2. The summed E-state index contributed by atoms with van der Waals surface area (Å²) in [6, 6.07) is 11.8. The minimum absolute atomic E-state index is 0.163. The van der Waals surface area contributed by atoms with Crippen LogP contribution in [0.5, 0.6) is 11.5 Å². The van der Waals surface area contributed by atoms with Gasteiger partial charge in [0.25, 0.3) is 5.91 Å². The van der Waals surface area contributed by atoms with Crippen molar-refractivity contribution in [2.24, 2.45) is 23.7 Å². The molecule has 3 fully saturated rings. The van der Waals surface area contributed by atoms with Crippen molar-refractivity contribution in [2.45, 2.75) is 19.3 Å². The molecule has 2 aliphatic carbocycles. The molecule has 2 bridgehead atoms. The van der Waals surface area contributed by atoms with Gasteiger partial charge in [0.2, 0.25) is 11.8 Å². The Kier molecular flexibility index (Phi) is 4.68. The number of imide groups is 1. The summed E-state index contributed by atoms with van der Waals surface area (Å²) < 4.78 is 10.6. The molecule has 0 spiro atoms. The van der Waals surface area contributed by atoms with Crippen LogP contribution in [0, 0.1) is 23.7 Å². The Bertz CT molecular complexity index is 1050. The molecule has 7 nitrogen and oxygen atoms in total. The van der Waals surface area contributed by atoms with E-state index < -0.39 is 5.91 Å². The van der Waals surface area contributed by atoms with Gasteiger partial charge in [0, 0.05) is 6.07 Å². The molecule has 1 aliphatic heterocycles. The summed E-state index contributed by atoms with van der Waals surface area (Å²) in [6.07, 6.45) is 3.00. The summed E-state index contributed by atoms with van der Waals surface area (Å²) in [4.78, 5) is 40.9. The second-order valence-electron chi connectivity index (χ2n) is 8.43. The van der Waals surface area contributed by atoms with Gasteiger partial charge in [0.15, 0.2) is 0 Å². The van der Waals surface area contributed by atoms with Gasteiger partial charge in [-0.25, -0.2) is 4.90 Å². The Morgan fingerprint density at radius 1 is 0.968 bits per heavy atom. The smallest absolute Gasteiger partial charge is 0.257 e. The standard InChI is InChI=1S/C24H24N2O5/c1-30-15-9-10-17(19(12-15)31-2)25-22(27)16-5-3-4-6-18(16)26-23(28)20-13-7-8-14(11-13)21(20)24(26)29/h3-6,9-10,12-14,20-21H,7-8,11H2,1-2H3,(H,25,27)/t13-,14-,20+,21+/m0/s1. The highest BCUT2D eigenvalue weighted by Crippen LogP contribution is 2.56. The van der Waals surface area contributed by atoms with E-state index in [1.54, 1.807) is 49.6 Å². The molecule has 3 amide bonds. The fraction of sp³-hybridized carbons (Fsp3) is 0.375. The minimum Gasteiger partial charge on any atom is -0.497 e. The van der Waals surface area contributed by atoms with Crippen LogP contribution in [0.4, 0.5) is 11.4 Å². The number of ether oxygens (including phenoxy) is 2. The van der Waals surface area contributed by atoms with E-state index in [9.17, 15) is 14.4 Å². The Balaban J connectivity index is 1.46. The van der Waals surface area contributed by atoms with Gasteiger partial charge in [-0.1, -0.05) is 12.1 Å². The van der Waals surface area contributed by atoms with Crippen molar-refractivity contribution in [3.05, 3.63) is 48.0 Å². The first-order chi connectivity index (χ1) is 15.0. The van der Waals surface area contributed by atoms with Crippen molar-refractivity contribution in [3.8, 4) is 11.5 Å².